The fourth-order valence-corrected chi connectivity index (χ4v) is 4.70. The number of rotatable bonds is 9. The molecule has 1 fully saturated rings. The molecule has 1 aliphatic heterocycles. The van der Waals surface area contributed by atoms with Gasteiger partial charge in [0.2, 0.25) is 5.91 Å². The minimum Gasteiger partial charge on any atom is -0.378 e. The SMILES string of the molecule is C=CC[C@H](N=C(c1ccccc1)c1ccccc1)[C@@H](Cc1ccc(Br)cc1)C(=O)N1CCOCC1. The fourth-order valence-electron chi connectivity index (χ4n) is 4.43. The Bertz CT molecular complexity index is 1080. The Balaban J connectivity index is 1.77. The third-order valence-electron chi connectivity index (χ3n) is 6.27. The monoisotopic (exact) mass is 530 g/mol. The Morgan fingerprint density at radius 1 is 0.943 bits per heavy atom. The summed E-state index contributed by atoms with van der Waals surface area (Å²) in [6, 6.07) is 28.4. The van der Waals surface area contributed by atoms with Gasteiger partial charge in [0.05, 0.1) is 30.9 Å². The molecule has 0 spiro atoms. The van der Waals surface area contributed by atoms with E-state index in [-0.39, 0.29) is 17.9 Å². The van der Waals surface area contributed by atoms with Crippen LogP contribution < -0.4 is 0 Å². The Morgan fingerprint density at radius 2 is 1.51 bits per heavy atom. The molecule has 2 atom stereocenters. The molecule has 0 saturated carbocycles. The predicted molar refractivity (Wildman–Crippen MR) is 146 cm³/mol. The quantitative estimate of drug-likeness (QED) is 0.253. The average Bonchev–Trinajstić information content (AvgIpc) is 2.92. The number of hydrogen-bond acceptors (Lipinski definition) is 3. The minimum absolute atomic E-state index is 0.132. The summed E-state index contributed by atoms with van der Waals surface area (Å²) in [6.07, 6.45) is 3.10. The van der Waals surface area contributed by atoms with Crippen molar-refractivity contribution in [2.24, 2.45) is 10.9 Å². The van der Waals surface area contributed by atoms with Gasteiger partial charge in [-0.3, -0.25) is 9.79 Å². The van der Waals surface area contributed by atoms with Crippen LogP contribution in [0.5, 0.6) is 0 Å². The summed E-state index contributed by atoms with van der Waals surface area (Å²) in [5, 5.41) is 0. The van der Waals surface area contributed by atoms with Crippen LogP contribution in [-0.4, -0.2) is 48.9 Å². The molecule has 0 unspecified atom stereocenters. The van der Waals surface area contributed by atoms with Crippen LogP contribution >= 0.6 is 15.9 Å². The van der Waals surface area contributed by atoms with Crippen molar-refractivity contribution < 1.29 is 9.53 Å². The maximum Gasteiger partial charge on any atom is 0.228 e. The van der Waals surface area contributed by atoms with Gasteiger partial charge < -0.3 is 9.64 Å². The van der Waals surface area contributed by atoms with E-state index >= 15 is 0 Å². The Kier molecular flexibility index (Phi) is 9.04. The van der Waals surface area contributed by atoms with Crippen molar-refractivity contribution in [1.29, 1.82) is 0 Å². The van der Waals surface area contributed by atoms with Gasteiger partial charge in [-0.2, -0.15) is 0 Å². The van der Waals surface area contributed by atoms with E-state index in [1.165, 1.54) is 0 Å². The van der Waals surface area contributed by atoms with E-state index in [0.29, 0.717) is 39.1 Å². The van der Waals surface area contributed by atoms with E-state index < -0.39 is 0 Å². The van der Waals surface area contributed by atoms with Gasteiger partial charge in [0.25, 0.3) is 0 Å². The zero-order chi connectivity index (χ0) is 24.5. The molecule has 4 nitrogen and oxygen atoms in total. The van der Waals surface area contributed by atoms with Gasteiger partial charge in [-0.25, -0.2) is 0 Å². The van der Waals surface area contributed by atoms with Crippen LogP contribution in [0.25, 0.3) is 0 Å². The summed E-state index contributed by atoms with van der Waals surface area (Å²) in [5.41, 5.74) is 4.08. The molecule has 3 aromatic rings. The Morgan fingerprint density at radius 3 is 2.06 bits per heavy atom. The smallest absolute Gasteiger partial charge is 0.228 e. The third kappa shape index (κ3) is 6.77. The second kappa shape index (κ2) is 12.6. The van der Waals surface area contributed by atoms with Crippen LogP contribution in [0.1, 0.15) is 23.1 Å². The van der Waals surface area contributed by atoms with Gasteiger partial charge in [-0.05, 0) is 30.5 Å². The van der Waals surface area contributed by atoms with E-state index in [9.17, 15) is 4.79 Å². The lowest BCUT2D eigenvalue weighted by atomic mass is 9.88. The first-order chi connectivity index (χ1) is 17.2. The number of nitrogens with zero attached hydrogens (tertiary/aromatic N) is 2. The second-order valence-electron chi connectivity index (χ2n) is 8.68. The first-order valence-corrected chi connectivity index (χ1v) is 12.9. The largest absolute Gasteiger partial charge is 0.378 e. The summed E-state index contributed by atoms with van der Waals surface area (Å²) < 4.78 is 6.53. The van der Waals surface area contributed by atoms with Crippen LogP contribution in [-0.2, 0) is 16.0 Å². The number of amides is 1. The molecule has 0 bridgehead atoms. The molecular weight excluding hydrogens is 500 g/mol. The number of halogens is 1. The molecule has 1 amide bonds. The molecule has 0 aliphatic carbocycles. The van der Waals surface area contributed by atoms with Crippen LogP contribution in [0, 0.1) is 5.92 Å². The molecular formula is C30H31BrN2O2. The van der Waals surface area contributed by atoms with E-state index in [4.69, 9.17) is 9.73 Å². The summed E-state index contributed by atoms with van der Waals surface area (Å²) >= 11 is 3.52. The number of ether oxygens (including phenoxy) is 1. The molecule has 1 heterocycles. The lowest BCUT2D eigenvalue weighted by Crippen LogP contribution is -2.47. The lowest BCUT2D eigenvalue weighted by molar-refractivity contribution is -0.140. The summed E-state index contributed by atoms with van der Waals surface area (Å²) in [4.78, 5) is 21.1. The number of morpholine rings is 1. The van der Waals surface area contributed by atoms with Gasteiger partial charge >= 0.3 is 0 Å². The Labute approximate surface area is 216 Å². The van der Waals surface area contributed by atoms with Gasteiger partial charge in [0, 0.05) is 28.7 Å². The van der Waals surface area contributed by atoms with Gasteiger partial charge in [-0.15, -0.1) is 6.58 Å². The molecule has 3 aromatic carbocycles. The van der Waals surface area contributed by atoms with Crippen LogP contribution in [0.15, 0.2) is 107 Å². The number of hydrogen-bond donors (Lipinski definition) is 0. The van der Waals surface area contributed by atoms with Crippen molar-refractivity contribution in [3.8, 4) is 0 Å². The number of benzene rings is 3. The van der Waals surface area contributed by atoms with Crippen molar-refractivity contribution in [1.82, 2.24) is 4.90 Å². The molecule has 4 rings (SSSR count). The zero-order valence-corrected chi connectivity index (χ0v) is 21.4. The van der Waals surface area contributed by atoms with Crippen LogP contribution in [0.2, 0.25) is 0 Å². The van der Waals surface area contributed by atoms with E-state index in [0.717, 1.165) is 26.9 Å². The molecule has 0 aromatic heterocycles. The second-order valence-corrected chi connectivity index (χ2v) is 9.59. The van der Waals surface area contributed by atoms with Crippen LogP contribution in [0.4, 0.5) is 0 Å². The van der Waals surface area contributed by atoms with Gasteiger partial charge in [0.1, 0.15) is 0 Å². The van der Waals surface area contributed by atoms with E-state index in [1.807, 2.05) is 59.5 Å². The standard InChI is InChI=1S/C30H31BrN2O2/c1-2-9-28(32-29(24-10-5-3-6-11-24)25-12-7-4-8-13-25)27(22-23-14-16-26(31)17-15-23)30(34)33-18-20-35-21-19-33/h2-8,10-17,27-28H,1,9,18-22H2/t27-,28+/m1/s1. The van der Waals surface area contributed by atoms with E-state index in [1.54, 1.807) is 0 Å². The highest BCUT2D eigenvalue weighted by atomic mass is 79.9. The topological polar surface area (TPSA) is 41.9 Å². The average molecular weight is 531 g/mol. The molecule has 180 valence electrons. The highest BCUT2D eigenvalue weighted by Gasteiger charge is 2.32. The molecule has 0 radical (unpaired) electrons. The minimum atomic E-state index is -0.310. The molecule has 35 heavy (non-hydrogen) atoms. The van der Waals surface area contributed by atoms with Gasteiger partial charge in [-0.1, -0.05) is 94.8 Å². The highest BCUT2D eigenvalue weighted by molar-refractivity contribution is 9.10. The molecule has 0 N–H and O–H groups in total. The first-order valence-electron chi connectivity index (χ1n) is 12.1. The lowest BCUT2D eigenvalue weighted by Gasteiger charge is -2.33. The Hall–Kier alpha value is -3.02. The van der Waals surface area contributed by atoms with Crippen molar-refractivity contribution in [3.63, 3.8) is 0 Å². The maximum absolute atomic E-state index is 13.9. The first kappa shape index (κ1) is 25.1. The zero-order valence-electron chi connectivity index (χ0n) is 19.9. The van der Waals surface area contributed by atoms with Crippen molar-refractivity contribution in [2.75, 3.05) is 26.3 Å². The molecule has 1 saturated heterocycles. The summed E-state index contributed by atoms with van der Waals surface area (Å²) in [5.74, 6) is -0.179. The fraction of sp³-hybridized carbons (Fsp3) is 0.267. The third-order valence-corrected chi connectivity index (χ3v) is 6.80. The molecule has 1 aliphatic rings. The molecule has 5 heteroatoms. The van der Waals surface area contributed by atoms with Crippen molar-refractivity contribution in [3.05, 3.63) is 119 Å². The van der Waals surface area contributed by atoms with Crippen molar-refractivity contribution >= 4 is 27.5 Å². The normalized spacial score (nSPS) is 15.2. The summed E-state index contributed by atoms with van der Waals surface area (Å²) in [7, 11) is 0. The van der Waals surface area contributed by atoms with Crippen LogP contribution in [0.3, 0.4) is 0 Å². The number of carbonyl (C=O) groups excluding carboxylic acids is 1. The number of carbonyl (C=O) groups is 1. The van der Waals surface area contributed by atoms with Gasteiger partial charge in [0.15, 0.2) is 0 Å². The maximum atomic E-state index is 13.9. The summed E-state index contributed by atoms with van der Waals surface area (Å²) in [6.45, 7) is 6.39. The highest BCUT2D eigenvalue weighted by Crippen LogP contribution is 2.25. The predicted octanol–water partition coefficient (Wildman–Crippen LogP) is 5.95. The number of aliphatic imine (C=N–C) groups is 1. The van der Waals surface area contributed by atoms with E-state index in [2.05, 4.69) is 58.9 Å². The van der Waals surface area contributed by atoms with Crippen molar-refractivity contribution in [2.45, 2.75) is 18.9 Å².